The minimum absolute atomic E-state index is 0. The molecule has 6 nitrogen and oxygen atoms in total. The normalized spacial score (nSPS) is 10.9. The van der Waals surface area contributed by atoms with E-state index < -0.39 is 0 Å². The predicted molar refractivity (Wildman–Crippen MR) is 95.2 cm³/mol. The highest BCUT2D eigenvalue weighted by molar-refractivity contribution is 5.91. The summed E-state index contributed by atoms with van der Waals surface area (Å²) in [5, 5.41) is 5.06. The number of fused-ring (bicyclic) bond motifs is 1. The molecule has 24 heavy (non-hydrogen) atoms. The maximum absolute atomic E-state index is 12.0. The molecule has 0 fully saturated rings. The lowest BCUT2D eigenvalue weighted by molar-refractivity contribution is 0.418. The first-order chi connectivity index (χ1) is 10.9. The van der Waals surface area contributed by atoms with E-state index in [1.165, 1.54) is 6.33 Å². The Morgan fingerprint density at radius 1 is 1.21 bits per heavy atom. The fourth-order valence-electron chi connectivity index (χ4n) is 2.68. The fraction of sp³-hybridized carbons (Fsp3) is 0.353. The second-order valence-corrected chi connectivity index (χ2v) is 5.81. The Balaban J connectivity index is 0.00000208. The largest absolute Gasteiger partial charge is 0.496 e. The van der Waals surface area contributed by atoms with Crippen LogP contribution in [0, 0.1) is 13.8 Å². The number of aromatic nitrogens is 3. The third-order valence-electron chi connectivity index (χ3n) is 4.05. The number of rotatable bonds is 3. The molecule has 0 aliphatic heterocycles. The Labute approximate surface area is 145 Å². The van der Waals surface area contributed by atoms with Gasteiger partial charge in [0.05, 0.1) is 12.5 Å². The second kappa shape index (κ2) is 6.65. The lowest BCUT2D eigenvalue weighted by atomic mass is 10.0. The highest BCUT2D eigenvalue weighted by atomic mass is 35.5. The molecule has 0 radical (unpaired) electrons. The highest BCUT2D eigenvalue weighted by Crippen LogP contribution is 2.34. The van der Waals surface area contributed by atoms with E-state index in [1.54, 1.807) is 14.0 Å². The number of ether oxygens (including phenoxy) is 1. The summed E-state index contributed by atoms with van der Waals surface area (Å²) in [6.07, 6.45) is 1.52. The van der Waals surface area contributed by atoms with E-state index in [2.05, 4.69) is 10.1 Å². The van der Waals surface area contributed by atoms with E-state index in [9.17, 15) is 4.79 Å². The summed E-state index contributed by atoms with van der Waals surface area (Å²) in [5.74, 6) is 1.36. The summed E-state index contributed by atoms with van der Waals surface area (Å²) in [7, 11) is 1.60. The van der Waals surface area contributed by atoms with Crippen LogP contribution in [0.1, 0.15) is 31.0 Å². The minimum atomic E-state index is -0.334. The Bertz CT molecular complexity index is 944. The maximum atomic E-state index is 12.0. The number of aryl methyl sites for hydroxylation is 1. The monoisotopic (exact) mass is 349 g/mol. The van der Waals surface area contributed by atoms with Crippen LogP contribution in [0.3, 0.4) is 0 Å². The Kier molecular flexibility index (Phi) is 4.99. The SMILES string of the molecule is COc1cc(-c2ncnn2C(C)C)cc2oc(=O)c(C)c(C)c12.Cl. The van der Waals surface area contributed by atoms with Crippen molar-refractivity contribution in [2.75, 3.05) is 7.11 Å². The zero-order valence-corrected chi connectivity index (χ0v) is 15.1. The van der Waals surface area contributed by atoms with Crippen LogP contribution >= 0.6 is 12.4 Å². The molecule has 1 aromatic carbocycles. The molecule has 0 bridgehead atoms. The van der Waals surface area contributed by atoms with Gasteiger partial charge in [0, 0.05) is 17.2 Å². The van der Waals surface area contributed by atoms with Crippen molar-refractivity contribution in [3.8, 4) is 17.1 Å². The third-order valence-corrected chi connectivity index (χ3v) is 4.05. The van der Waals surface area contributed by atoms with Gasteiger partial charge in [-0.25, -0.2) is 14.5 Å². The first-order valence-corrected chi connectivity index (χ1v) is 7.46. The number of hydrogen-bond donors (Lipinski definition) is 0. The van der Waals surface area contributed by atoms with Gasteiger partial charge in [-0.2, -0.15) is 5.10 Å². The average Bonchev–Trinajstić information content (AvgIpc) is 3.01. The van der Waals surface area contributed by atoms with Gasteiger partial charge in [0.2, 0.25) is 0 Å². The molecular formula is C17H20ClN3O3. The van der Waals surface area contributed by atoms with Crippen LogP contribution < -0.4 is 10.4 Å². The second-order valence-electron chi connectivity index (χ2n) is 5.81. The predicted octanol–water partition coefficient (Wildman–Crippen LogP) is 3.68. The molecule has 3 rings (SSSR count). The van der Waals surface area contributed by atoms with Gasteiger partial charge >= 0.3 is 5.63 Å². The van der Waals surface area contributed by atoms with Gasteiger partial charge in [-0.1, -0.05) is 0 Å². The van der Waals surface area contributed by atoms with E-state index in [0.717, 1.165) is 16.5 Å². The van der Waals surface area contributed by atoms with Crippen LogP contribution in [0.25, 0.3) is 22.4 Å². The number of halogens is 1. The summed E-state index contributed by atoms with van der Waals surface area (Å²) in [6, 6.07) is 3.88. The zero-order chi connectivity index (χ0) is 16.7. The first kappa shape index (κ1) is 18.0. The van der Waals surface area contributed by atoms with Crippen LogP contribution in [0.5, 0.6) is 5.75 Å². The van der Waals surface area contributed by atoms with E-state index in [1.807, 2.05) is 37.6 Å². The van der Waals surface area contributed by atoms with Crippen molar-refractivity contribution >= 4 is 23.4 Å². The highest BCUT2D eigenvalue weighted by Gasteiger charge is 2.17. The van der Waals surface area contributed by atoms with Gasteiger partial charge in [-0.3, -0.25) is 0 Å². The molecule has 0 aliphatic carbocycles. The summed E-state index contributed by atoms with van der Waals surface area (Å²) in [5.41, 5.74) is 2.41. The lowest BCUT2D eigenvalue weighted by Gasteiger charge is -2.13. The Hall–Kier alpha value is -2.34. The van der Waals surface area contributed by atoms with E-state index in [4.69, 9.17) is 9.15 Å². The molecule has 0 unspecified atom stereocenters. The standard InChI is InChI=1S/C17H19N3O3.ClH/c1-9(2)20-16(18-8-19-20)12-6-13(22-5)15-10(3)11(4)17(21)23-14(15)7-12;/h6-9H,1-5H3;1H. The van der Waals surface area contributed by atoms with Crippen molar-refractivity contribution in [2.45, 2.75) is 33.7 Å². The fourth-order valence-corrected chi connectivity index (χ4v) is 2.68. The van der Waals surface area contributed by atoms with Gasteiger partial charge in [0.1, 0.15) is 17.7 Å². The van der Waals surface area contributed by atoms with Crippen molar-refractivity contribution in [3.05, 3.63) is 40.0 Å². The van der Waals surface area contributed by atoms with Crippen molar-refractivity contribution in [2.24, 2.45) is 0 Å². The molecule has 2 aromatic heterocycles. The van der Waals surface area contributed by atoms with Crippen molar-refractivity contribution in [3.63, 3.8) is 0 Å². The maximum Gasteiger partial charge on any atom is 0.339 e. The molecule has 2 heterocycles. The van der Waals surface area contributed by atoms with Crippen molar-refractivity contribution in [1.82, 2.24) is 14.8 Å². The minimum Gasteiger partial charge on any atom is -0.496 e. The smallest absolute Gasteiger partial charge is 0.339 e. The van der Waals surface area contributed by atoms with Gasteiger partial charge < -0.3 is 9.15 Å². The topological polar surface area (TPSA) is 70.2 Å². The quantitative estimate of drug-likeness (QED) is 0.674. The van der Waals surface area contributed by atoms with Crippen molar-refractivity contribution < 1.29 is 9.15 Å². The molecule has 7 heteroatoms. The van der Waals surface area contributed by atoms with E-state index in [0.29, 0.717) is 22.7 Å². The number of benzene rings is 1. The molecule has 0 saturated heterocycles. The van der Waals surface area contributed by atoms with Gasteiger partial charge in [-0.05, 0) is 45.4 Å². The van der Waals surface area contributed by atoms with E-state index >= 15 is 0 Å². The van der Waals surface area contributed by atoms with Crippen LogP contribution in [0.2, 0.25) is 0 Å². The Morgan fingerprint density at radius 2 is 1.92 bits per heavy atom. The third kappa shape index (κ3) is 2.78. The zero-order valence-electron chi connectivity index (χ0n) is 14.3. The molecule has 0 aliphatic rings. The number of hydrogen-bond acceptors (Lipinski definition) is 5. The molecule has 0 spiro atoms. The Morgan fingerprint density at radius 3 is 2.54 bits per heavy atom. The molecule has 0 atom stereocenters. The van der Waals surface area contributed by atoms with Crippen LogP contribution in [0.4, 0.5) is 0 Å². The van der Waals surface area contributed by atoms with Gasteiger partial charge in [-0.15, -0.1) is 12.4 Å². The molecule has 0 N–H and O–H groups in total. The summed E-state index contributed by atoms with van der Waals surface area (Å²) < 4.78 is 12.8. The number of methoxy groups -OCH3 is 1. The molecule has 128 valence electrons. The molecule has 3 aromatic rings. The summed E-state index contributed by atoms with van der Waals surface area (Å²) in [6.45, 7) is 7.71. The lowest BCUT2D eigenvalue weighted by Crippen LogP contribution is -2.07. The average molecular weight is 350 g/mol. The van der Waals surface area contributed by atoms with Crippen molar-refractivity contribution in [1.29, 1.82) is 0 Å². The van der Waals surface area contributed by atoms with Crippen LogP contribution in [0.15, 0.2) is 27.7 Å². The van der Waals surface area contributed by atoms with Crippen LogP contribution in [-0.2, 0) is 0 Å². The summed E-state index contributed by atoms with van der Waals surface area (Å²) in [4.78, 5) is 16.3. The summed E-state index contributed by atoms with van der Waals surface area (Å²) >= 11 is 0. The first-order valence-electron chi connectivity index (χ1n) is 7.46. The molecular weight excluding hydrogens is 330 g/mol. The molecule has 0 amide bonds. The van der Waals surface area contributed by atoms with Crippen LogP contribution in [-0.4, -0.2) is 21.9 Å². The van der Waals surface area contributed by atoms with Gasteiger partial charge in [0.15, 0.2) is 5.82 Å². The van der Waals surface area contributed by atoms with Gasteiger partial charge in [0.25, 0.3) is 0 Å². The number of nitrogens with zero attached hydrogens (tertiary/aromatic N) is 3. The van der Waals surface area contributed by atoms with E-state index in [-0.39, 0.29) is 24.1 Å². The molecule has 0 saturated carbocycles.